The Morgan fingerprint density at radius 2 is 2.00 bits per heavy atom. The van der Waals surface area contributed by atoms with Crippen LogP contribution in [0.3, 0.4) is 0 Å². The number of hydrogen-bond acceptors (Lipinski definition) is 2. The molecule has 2 nitrogen and oxygen atoms in total. The van der Waals surface area contributed by atoms with Gasteiger partial charge in [-0.05, 0) is 39.4 Å². The molecule has 0 fully saturated rings. The highest BCUT2D eigenvalue weighted by molar-refractivity contribution is 6.31. The summed E-state index contributed by atoms with van der Waals surface area (Å²) in [4.78, 5) is 14.5. The monoisotopic (exact) mass is 253 g/mol. The molecule has 0 aliphatic carbocycles. The summed E-state index contributed by atoms with van der Waals surface area (Å²) in [5, 5.41) is 0.607. The van der Waals surface area contributed by atoms with Crippen LogP contribution in [0.1, 0.15) is 38.1 Å². The second-order valence-electron chi connectivity index (χ2n) is 4.47. The molecular weight excluding hydrogens is 234 g/mol. The first-order valence-electron chi connectivity index (χ1n) is 6.02. The molecule has 17 heavy (non-hydrogen) atoms. The van der Waals surface area contributed by atoms with Gasteiger partial charge >= 0.3 is 0 Å². The average Bonchev–Trinajstić information content (AvgIpc) is 2.28. The van der Waals surface area contributed by atoms with E-state index in [1.54, 1.807) is 12.1 Å². The van der Waals surface area contributed by atoms with Gasteiger partial charge in [0.1, 0.15) is 0 Å². The summed E-state index contributed by atoms with van der Waals surface area (Å²) in [7, 11) is 0. The van der Waals surface area contributed by atoms with Crippen molar-refractivity contribution in [1.29, 1.82) is 0 Å². The van der Waals surface area contributed by atoms with E-state index in [1.165, 1.54) is 0 Å². The molecule has 1 aromatic rings. The van der Waals surface area contributed by atoms with Crippen molar-refractivity contribution < 1.29 is 4.79 Å². The van der Waals surface area contributed by atoms with Crippen LogP contribution in [0.15, 0.2) is 24.3 Å². The molecule has 0 N–H and O–H groups in total. The topological polar surface area (TPSA) is 20.3 Å². The van der Waals surface area contributed by atoms with Crippen molar-refractivity contribution in [3.8, 4) is 0 Å². The van der Waals surface area contributed by atoms with Crippen LogP contribution >= 0.6 is 11.6 Å². The van der Waals surface area contributed by atoms with Crippen LogP contribution < -0.4 is 0 Å². The molecule has 0 saturated carbocycles. The number of hydrogen-bond donors (Lipinski definition) is 0. The Balaban J connectivity index is 2.89. The van der Waals surface area contributed by atoms with Gasteiger partial charge < -0.3 is 0 Å². The van der Waals surface area contributed by atoms with Gasteiger partial charge in [-0.3, -0.25) is 9.69 Å². The molecule has 1 unspecified atom stereocenters. The van der Waals surface area contributed by atoms with Gasteiger partial charge in [0.2, 0.25) is 0 Å². The van der Waals surface area contributed by atoms with Crippen molar-refractivity contribution in [3.63, 3.8) is 0 Å². The summed E-state index contributed by atoms with van der Waals surface area (Å²) in [5.74, 6) is 0.128. The minimum Gasteiger partial charge on any atom is -0.292 e. The van der Waals surface area contributed by atoms with Gasteiger partial charge in [-0.1, -0.05) is 30.7 Å². The van der Waals surface area contributed by atoms with Crippen molar-refractivity contribution in [2.24, 2.45) is 0 Å². The Kier molecular flexibility index (Phi) is 5.16. The molecule has 0 amide bonds. The average molecular weight is 254 g/mol. The van der Waals surface area contributed by atoms with Gasteiger partial charge in [0.15, 0.2) is 5.78 Å². The first kappa shape index (κ1) is 14.2. The molecule has 3 heteroatoms. The zero-order valence-electron chi connectivity index (χ0n) is 10.9. The second-order valence-corrected chi connectivity index (χ2v) is 4.91. The Bertz CT molecular complexity index is 390. The third-order valence-corrected chi connectivity index (χ3v) is 3.25. The van der Waals surface area contributed by atoms with Gasteiger partial charge in [-0.15, -0.1) is 0 Å². The summed E-state index contributed by atoms with van der Waals surface area (Å²) in [6.45, 7) is 9.09. The molecule has 0 aliphatic heterocycles. The highest BCUT2D eigenvalue weighted by Crippen LogP contribution is 2.15. The summed E-state index contributed by atoms with van der Waals surface area (Å²) in [6.07, 6.45) is 0. The first-order valence-corrected chi connectivity index (χ1v) is 6.40. The molecule has 0 bridgehead atoms. The number of likely N-dealkylation sites (N-methyl/N-ethyl adjacent to an activating group) is 1. The van der Waals surface area contributed by atoms with Gasteiger partial charge in [0.05, 0.1) is 6.04 Å². The van der Waals surface area contributed by atoms with E-state index in [9.17, 15) is 4.79 Å². The van der Waals surface area contributed by atoms with Crippen molar-refractivity contribution in [3.05, 3.63) is 34.9 Å². The van der Waals surface area contributed by atoms with Crippen molar-refractivity contribution >= 4 is 17.4 Å². The van der Waals surface area contributed by atoms with Gasteiger partial charge in [-0.2, -0.15) is 0 Å². The van der Waals surface area contributed by atoms with Gasteiger partial charge in [-0.25, -0.2) is 0 Å². The lowest BCUT2D eigenvalue weighted by atomic mass is 10.0. The van der Waals surface area contributed by atoms with Crippen molar-refractivity contribution in [2.45, 2.75) is 39.8 Å². The van der Waals surface area contributed by atoms with Crippen LogP contribution in [0.25, 0.3) is 0 Å². The molecule has 0 spiro atoms. The number of carbonyl (C=O) groups excluding carboxylic acids is 1. The fourth-order valence-electron chi connectivity index (χ4n) is 2.12. The quantitative estimate of drug-likeness (QED) is 0.747. The van der Waals surface area contributed by atoms with E-state index >= 15 is 0 Å². The maximum Gasteiger partial charge on any atom is 0.179 e. The Labute approximate surface area is 109 Å². The van der Waals surface area contributed by atoms with E-state index in [0.717, 1.165) is 6.54 Å². The number of Topliss-reactive ketones (excluding diaryl/α,β-unsaturated/α-hetero) is 1. The zero-order chi connectivity index (χ0) is 13.0. The zero-order valence-corrected chi connectivity index (χ0v) is 11.7. The number of rotatable bonds is 5. The minimum atomic E-state index is -0.113. The Morgan fingerprint density at radius 1 is 1.35 bits per heavy atom. The van der Waals surface area contributed by atoms with Crippen LogP contribution in [0.5, 0.6) is 0 Å². The van der Waals surface area contributed by atoms with E-state index in [-0.39, 0.29) is 11.8 Å². The standard InChI is InChI=1S/C14H20ClNO/c1-5-16(10(2)3)11(4)14(17)12-7-6-8-13(15)9-12/h6-11H,5H2,1-4H3. The molecule has 0 aromatic heterocycles. The fourth-order valence-corrected chi connectivity index (χ4v) is 2.31. The Hall–Kier alpha value is -0.860. The maximum absolute atomic E-state index is 12.3. The highest BCUT2D eigenvalue weighted by atomic mass is 35.5. The molecule has 1 rings (SSSR count). The number of carbonyl (C=O) groups is 1. The molecule has 0 heterocycles. The lowest BCUT2D eigenvalue weighted by Gasteiger charge is -2.30. The summed E-state index contributed by atoms with van der Waals surface area (Å²) in [6, 6.07) is 7.39. The molecule has 1 aromatic carbocycles. The SMILES string of the molecule is CCN(C(C)C)C(C)C(=O)c1cccc(Cl)c1. The van der Waals surface area contributed by atoms with Crippen LogP contribution in [-0.4, -0.2) is 29.3 Å². The summed E-state index contributed by atoms with van der Waals surface area (Å²) >= 11 is 5.90. The number of halogens is 1. The van der Waals surface area contributed by atoms with E-state index in [4.69, 9.17) is 11.6 Å². The molecule has 94 valence electrons. The van der Waals surface area contributed by atoms with Crippen LogP contribution in [0.2, 0.25) is 5.02 Å². The largest absolute Gasteiger partial charge is 0.292 e. The van der Waals surface area contributed by atoms with Crippen LogP contribution in [-0.2, 0) is 0 Å². The van der Waals surface area contributed by atoms with E-state index in [2.05, 4.69) is 25.7 Å². The van der Waals surface area contributed by atoms with Gasteiger partial charge in [0.25, 0.3) is 0 Å². The van der Waals surface area contributed by atoms with E-state index in [1.807, 2.05) is 19.1 Å². The van der Waals surface area contributed by atoms with Crippen LogP contribution in [0.4, 0.5) is 0 Å². The normalized spacial score (nSPS) is 13.1. The predicted octanol–water partition coefficient (Wildman–Crippen LogP) is 3.64. The molecule has 0 saturated heterocycles. The molecular formula is C14H20ClNO. The third kappa shape index (κ3) is 3.55. The number of ketones is 1. The highest BCUT2D eigenvalue weighted by Gasteiger charge is 2.23. The maximum atomic E-state index is 12.3. The summed E-state index contributed by atoms with van der Waals surface area (Å²) in [5.41, 5.74) is 0.684. The number of benzene rings is 1. The second kappa shape index (κ2) is 6.18. The predicted molar refractivity (Wildman–Crippen MR) is 72.8 cm³/mol. The van der Waals surface area contributed by atoms with E-state index < -0.39 is 0 Å². The minimum absolute atomic E-state index is 0.113. The molecule has 0 radical (unpaired) electrons. The number of nitrogens with zero attached hydrogens (tertiary/aromatic N) is 1. The first-order chi connectivity index (χ1) is 7.97. The van der Waals surface area contributed by atoms with Crippen LogP contribution in [0, 0.1) is 0 Å². The molecule has 1 atom stereocenters. The van der Waals surface area contributed by atoms with Gasteiger partial charge in [0, 0.05) is 16.6 Å². The van der Waals surface area contributed by atoms with E-state index in [0.29, 0.717) is 16.6 Å². The Morgan fingerprint density at radius 3 is 2.47 bits per heavy atom. The van der Waals surface area contributed by atoms with Crippen molar-refractivity contribution in [1.82, 2.24) is 4.90 Å². The lowest BCUT2D eigenvalue weighted by Crippen LogP contribution is -2.43. The fraction of sp³-hybridized carbons (Fsp3) is 0.500. The third-order valence-electron chi connectivity index (χ3n) is 3.01. The van der Waals surface area contributed by atoms with Crippen molar-refractivity contribution in [2.75, 3.05) is 6.54 Å². The smallest absolute Gasteiger partial charge is 0.179 e. The lowest BCUT2D eigenvalue weighted by molar-refractivity contribution is 0.0800. The summed E-state index contributed by atoms with van der Waals surface area (Å²) < 4.78 is 0. The molecule has 0 aliphatic rings.